The topological polar surface area (TPSA) is 93.4 Å². The van der Waals surface area contributed by atoms with Gasteiger partial charge in [0, 0.05) is 9.35 Å². The number of hydrogen-bond donors (Lipinski definition) is 3. The molecule has 2 aromatic rings. The molecule has 2 rings (SSSR count). The summed E-state index contributed by atoms with van der Waals surface area (Å²) >= 11 is 10.1. The zero-order valence-electron chi connectivity index (χ0n) is 16.9. The van der Waals surface area contributed by atoms with Crippen LogP contribution in [0.2, 0.25) is 0 Å². The molecule has 1 aromatic heterocycles. The smallest absolute Gasteiger partial charge is 0.264 e. The average molecular weight is 498 g/mol. The number of thiophene rings is 1. The van der Waals surface area contributed by atoms with Crippen LogP contribution in [0.25, 0.3) is 0 Å². The molecule has 0 aliphatic rings. The van der Waals surface area contributed by atoms with Crippen molar-refractivity contribution in [2.24, 2.45) is 5.73 Å². The second kappa shape index (κ2) is 9.69. The molecular formula is C20H24BrN3O3S2. The van der Waals surface area contributed by atoms with Crippen LogP contribution in [-0.4, -0.2) is 23.5 Å². The summed E-state index contributed by atoms with van der Waals surface area (Å²) in [6.07, 6.45) is 0. The van der Waals surface area contributed by atoms with Gasteiger partial charge in [0.15, 0.2) is 11.7 Å². The zero-order chi connectivity index (χ0) is 21.9. The third-order valence-corrected chi connectivity index (χ3v) is 6.56. The lowest BCUT2D eigenvalue weighted by molar-refractivity contribution is -0.121. The molecule has 29 heavy (non-hydrogen) atoms. The molecule has 0 saturated carbocycles. The number of carbonyl (C=O) groups is 2. The second-order valence-electron chi connectivity index (χ2n) is 6.94. The molecule has 1 heterocycles. The Labute approximate surface area is 188 Å². The number of thiocarbonyl (C=S) groups is 1. The van der Waals surface area contributed by atoms with Gasteiger partial charge in [-0.25, -0.2) is 0 Å². The first-order valence-corrected chi connectivity index (χ1v) is 11.0. The minimum Gasteiger partial charge on any atom is -0.483 e. The van der Waals surface area contributed by atoms with Crippen LogP contribution in [0.1, 0.15) is 51.7 Å². The minimum absolute atomic E-state index is 0.0819. The van der Waals surface area contributed by atoms with Crippen molar-refractivity contribution in [3.8, 4) is 5.75 Å². The number of halogens is 1. The minimum atomic E-state index is -0.543. The third kappa shape index (κ3) is 5.77. The van der Waals surface area contributed by atoms with Gasteiger partial charge < -0.3 is 15.8 Å². The first-order chi connectivity index (χ1) is 13.5. The molecule has 0 fully saturated rings. The Morgan fingerprint density at radius 2 is 1.93 bits per heavy atom. The quantitative estimate of drug-likeness (QED) is 0.508. The summed E-state index contributed by atoms with van der Waals surface area (Å²) < 4.78 is 6.74. The van der Waals surface area contributed by atoms with E-state index in [9.17, 15) is 9.59 Å². The molecule has 2 amide bonds. The standard InChI is InChI=1S/C20H24BrN3O3S2/c1-9(2)13-7-14(21)10(3)6-15(13)27-8-16(25)23-20(28)24-19-17(18(22)26)11(4)12(5)29-19/h6-7,9H,8H2,1-5H3,(H2,22,26)(H2,23,24,25,28). The van der Waals surface area contributed by atoms with Crippen molar-refractivity contribution in [2.45, 2.75) is 40.5 Å². The highest BCUT2D eigenvalue weighted by atomic mass is 79.9. The Kier molecular flexibility index (Phi) is 7.79. The summed E-state index contributed by atoms with van der Waals surface area (Å²) in [5.74, 6) is -0.0393. The van der Waals surface area contributed by atoms with E-state index in [2.05, 4.69) is 40.4 Å². The van der Waals surface area contributed by atoms with Crippen molar-refractivity contribution < 1.29 is 14.3 Å². The molecule has 4 N–H and O–H groups in total. The lowest BCUT2D eigenvalue weighted by Crippen LogP contribution is -2.37. The summed E-state index contributed by atoms with van der Waals surface area (Å²) in [4.78, 5) is 24.9. The van der Waals surface area contributed by atoms with Crippen LogP contribution in [0.4, 0.5) is 5.00 Å². The number of aryl methyl sites for hydroxylation is 2. The number of anilines is 1. The number of carbonyl (C=O) groups excluding carboxylic acids is 2. The van der Waals surface area contributed by atoms with E-state index in [4.69, 9.17) is 22.7 Å². The van der Waals surface area contributed by atoms with Crippen molar-refractivity contribution in [3.63, 3.8) is 0 Å². The van der Waals surface area contributed by atoms with E-state index in [0.717, 1.165) is 26.0 Å². The molecule has 1 aromatic carbocycles. The molecule has 0 bridgehead atoms. The number of nitrogens with two attached hydrogens (primary N) is 1. The lowest BCUT2D eigenvalue weighted by atomic mass is 10.0. The fourth-order valence-corrected chi connectivity index (χ4v) is 4.41. The van der Waals surface area contributed by atoms with Crippen LogP contribution in [0, 0.1) is 20.8 Å². The molecule has 0 aliphatic carbocycles. The molecule has 6 nitrogen and oxygen atoms in total. The number of hydrogen-bond acceptors (Lipinski definition) is 5. The number of rotatable bonds is 6. The molecule has 0 spiro atoms. The molecule has 9 heteroatoms. The SMILES string of the molecule is Cc1cc(OCC(=O)NC(=S)Nc2sc(C)c(C)c2C(N)=O)c(C(C)C)cc1Br. The maximum absolute atomic E-state index is 12.3. The van der Waals surface area contributed by atoms with Crippen molar-refractivity contribution in [3.05, 3.63) is 43.7 Å². The van der Waals surface area contributed by atoms with Gasteiger partial charge in [-0.15, -0.1) is 11.3 Å². The van der Waals surface area contributed by atoms with Crippen molar-refractivity contribution in [2.75, 3.05) is 11.9 Å². The first kappa shape index (κ1) is 23.3. The normalized spacial score (nSPS) is 10.7. The van der Waals surface area contributed by atoms with Crippen LogP contribution in [-0.2, 0) is 4.79 Å². The number of ether oxygens (including phenoxy) is 1. The highest BCUT2D eigenvalue weighted by Gasteiger charge is 2.19. The van der Waals surface area contributed by atoms with Gasteiger partial charge in [0.2, 0.25) is 0 Å². The van der Waals surface area contributed by atoms with Crippen LogP contribution in [0.3, 0.4) is 0 Å². The van der Waals surface area contributed by atoms with Gasteiger partial charge in [-0.2, -0.15) is 0 Å². The Hall–Kier alpha value is -1.97. The molecule has 0 saturated heterocycles. The molecular weight excluding hydrogens is 474 g/mol. The number of benzene rings is 1. The van der Waals surface area contributed by atoms with E-state index in [0.29, 0.717) is 16.3 Å². The highest BCUT2D eigenvalue weighted by Crippen LogP contribution is 2.33. The second-order valence-corrected chi connectivity index (χ2v) is 9.42. The Bertz CT molecular complexity index is 970. The predicted octanol–water partition coefficient (Wildman–Crippen LogP) is 4.55. The third-order valence-electron chi connectivity index (χ3n) is 4.38. The molecule has 0 unspecified atom stereocenters. The molecule has 0 radical (unpaired) electrons. The van der Waals surface area contributed by atoms with Gasteiger partial charge in [-0.3, -0.25) is 14.9 Å². The van der Waals surface area contributed by atoms with E-state index in [1.54, 1.807) is 0 Å². The van der Waals surface area contributed by atoms with Gasteiger partial charge in [-0.1, -0.05) is 29.8 Å². The van der Waals surface area contributed by atoms with Crippen LogP contribution < -0.4 is 21.1 Å². The van der Waals surface area contributed by atoms with Gasteiger partial charge >= 0.3 is 0 Å². The maximum atomic E-state index is 12.3. The number of nitrogens with one attached hydrogen (secondary N) is 2. The first-order valence-electron chi connectivity index (χ1n) is 8.94. The number of amides is 2. The van der Waals surface area contributed by atoms with Crippen molar-refractivity contribution in [1.82, 2.24) is 5.32 Å². The summed E-state index contributed by atoms with van der Waals surface area (Å²) in [7, 11) is 0. The van der Waals surface area contributed by atoms with Gasteiger partial charge in [0.25, 0.3) is 11.8 Å². The van der Waals surface area contributed by atoms with E-state index in [-0.39, 0.29) is 17.6 Å². The number of primary amides is 1. The van der Waals surface area contributed by atoms with E-state index in [1.165, 1.54) is 11.3 Å². The van der Waals surface area contributed by atoms with Crippen LogP contribution in [0.15, 0.2) is 16.6 Å². The fourth-order valence-electron chi connectivity index (χ4n) is 2.70. The highest BCUT2D eigenvalue weighted by molar-refractivity contribution is 9.10. The zero-order valence-corrected chi connectivity index (χ0v) is 20.2. The predicted molar refractivity (Wildman–Crippen MR) is 125 cm³/mol. The van der Waals surface area contributed by atoms with Crippen molar-refractivity contribution in [1.29, 1.82) is 0 Å². The Morgan fingerprint density at radius 1 is 1.28 bits per heavy atom. The molecule has 156 valence electrons. The molecule has 0 atom stereocenters. The van der Waals surface area contributed by atoms with E-state index >= 15 is 0 Å². The maximum Gasteiger partial charge on any atom is 0.264 e. The monoisotopic (exact) mass is 497 g/mol. The van der Waals surface area contributed by atoms with Gasteiger partial charge in [0.1, 0.15) is 10.8 Å². The fraction of sp³-hybridized carbons (Fsp3) is 0.350. The Morgan fingerprint density at radius 3 is 2.52 bits per heavy atom. The van der Waals surface area contributed by atoms with Gasteiger partial charge in [-0.05, 0) is 67.7 Å². The van der Waals surface area contributed by atoms with Crippen LogP contribution in [0.5, 0.6) is 5.75 Å². The summed E-state index contributed by atoms with van der Waals surface area (Å²) in [6.45, 7) is 9.60. The summed E-state index contributed by atoms with van der Waals surface area (Å²) in [5.41, 5.74) is 8.66. The Balaban J connectivity index is 2.02. The lowest BCUT2D eigenvalue weighted by Gasteiger charge is -2.16. The van der Waals surface area contributed by atoms with Crippen LogP contribution >= 0.6 is 39.5 Å². The van der Waals surface area contributed by atoms with Gasteiger partial charge in [0.05, 0.1) is 5.56 Å². The summed E-state index contributed by atoms with van der Waals surface area (Å²) in [6, 6.07) is 3.91. The van der Waals surface area contributed by atoms with Crippen molar-refractivity contribution >= 4 is 61.4 Å². The van der Waals surface area contributed by atoms with E-state index < -0.39 is 11.8 Å². The average Bonchev–Trinajstić information content (AvgIpc) is 2.88. The molecule has 0 aliphatic heterocycles. The van der Waals surface area contributed by atoms with E-state index in [1.807, 2.05) is 32.9 Å². The summed E-state index contributed by atoms with van der Waals surface area (Å²) in [5, 5.41) is 6.05. The largest absolute Gasteiger partial charge is 0.483 e.